The number of esters is 1. The van der Waals surface area contributed by atoms with Crippen molar-refractivity contribution in [3.63, 3.8) is 0 Å². The Balaban J connectivity index is 1.85. The number of rotatable bonds is 5. The third-order valence-electron chi connectivity index (χ3n) is 3.79. The van der Waals surface area contributed by atoms with Crippen molar-refractivity contribution in [3.05, 3.63) is 29.8 Å². The zero-order valence-corrected chi connectivity index (χ0v) is 13.3. The molecule has 5 nitrogen and oxygen atoms in total. The lowest BCUT2D eigenvalue weighted by Gasteiger charge is -2.30. The normalized spacial score (nSPS) is 18.7. The summed E-state index contributed by atoms with van der Waals surface area (Å²) in [6, 6.07) is 6.78. The van der Waals surface area contributed by atoms with Gasteiger partial charge in [0.05, 0.1) is 18.7 Å². The SMILES string of the molecule is CCOC(=O)c1ccc(NC(=O)CN2CCC[C@@H](C)C2)cc1. The number of likely N-dealkylation sites (tertiary alicyclic amines) is 1. The summed E-state index contributed by atoms with van der Waals surface area (Å²) in [7, 11) is 0. The number of hydrogen-bond donors (Lipinski definition) is 1. The molecule has 1 atom stereocenters. The molecule has 1 N–H and O–H groups in total. The lowest BCUT2D eigenvalue weighted by atomic mass is 10.0. The molecule has 0 bridgehead atoms. The molecule has 1 aliphatic rings. The molecule has 0 aromatic heterocycles. The number of nitrogens with zero attached hydrogens (tertiary/aromatic N) is 1. The van der Waals surface area contributed by atoms with Crippen molar-refractivity contribution < 1.29 is 14.3 Å². The highest BCUT2D eigenvalue weighted by Gasteiger charge is 2.18. The van der Waals surface area contributed by atoms with Gasteiger partial charge in [0.2, 0.25) is 5.91 Å². The molecule has 0 aliphatic carbocycles. The van der Waals surface area contributed by atoms with Gasteiger partial charge in [-0.25, -0.2) is 4.79 Å². The molecule has 1 heterocycles. The highest BCUT2D eigenvalue weighted by atomic mass is 16.5. The molecule has 1 saturated heterocycles. The first-order valence-corrected chi connectivity index (χ1v) is 7.88. The smallest absolute Gasteiger partial charge is 0.338 e. The zero-order chi connectivity index (χ0) is 15.9. The Morgan fingerprint density at radius 3 is 2.68 bits per heavy atom. The number of benzene rings is 1. The van der Waals surface area contributed by atoms with Crippen molar-refractivity contribution >= 4 is 17.6 Å². The van der Waals surface area contributed by atoms with E-state index in [0.29, 0.717) is 30.3 Å². The summed E-state index contributed by atoms with van der Waals surface area (Å²) in [5, 5.41) is 2.87. The number of carbonyl (C=O) groups excluding carboxylic acids is 2. The molecule has 5 heteroatoms. The molecule has 1 aromatic carbocycles. The number of amides is 1. The van der Waals surface area contributed by atoms with E-state index in [-0.39, 0.29) is 11.9 Å². The van der Waals surface area contributed by atoms with Gasteiger partial charge in [-0.15, -0.1) is 0 Å². The largest absolute Gasteiger partial charge is 0.462 e. The Morgan fingerprint density at radius 1 is 1.32 bits per heavy atom. The molecule has 120 valence electrons. The fourth-order valence-corrected chi connectivity index (χ4v) is 2.74. The van der Waals surface area contributed by atoms with Gasteiger partial charge in [-0.2, -0.15) is 0 Å². The first-order valence-electron chi connectivity index (χ1n) is 7.88. The zero-order valence-electron chi connectivity index (χ0n) is 13.3. The maximum atomic E-state index is 12.1. The van der Waals surface area contributed by atoms with E-state index in [9.17, 15) is 9.59 Å². The second-order valence-electron chi connectivity index (χ2n) is 5.83. The minimum atomic E-state index is -0.345. The third-order valence-corrected chi connectivity index (χ3v) is 3.79. The predicted molar refractivity (Wildman–Crippen MR) is 85.9 cm³/mol. The Labute approximate surface area is 131 Å². The van der Waals surface area contributed by atoms with Crippen LogP contribution in [0.3, 0.4) is 0 Å². The summed E-state index contributed by atoms with van der Waals surface area (Å²) >= 11 is 0. The van der Waals surface area contributed by atoms with Crippen LogP contribution in [0.2, 0.25) is 0 Å². The Morgan fingerprint density at radius 2 is 2.05 bits per heavy atom. The standard InChI is InChI=1S/C17H24N2O3/c1-3-22-17(21)14-6-8-15(9-7-14)18-16(20)12-19-10-4-5-13(2)11-19/h6-9,13H,3-5,10-12H2,1-2H3,(H,18,20)/t13-/m1/s1. The second-order valence-corrected chi connectivity index (χ2v) is 5.83. The first-order chi connectivity index (χ1) is 10.6. The quantitative estimate of drug-likeness (QED) is 0.849. The first kappa shape index (κ1) is 16.5. The van der Waals surface area contributed by atoms with E-state index in [2.05, 4.69) is 17.1 Å². The molecule has 0 saturated carbocycles. The number of carbonyl (C=O) groups is 2. The molecule has 1 aliphatic heterocycles. The molecule has 0 unspecified atom stereocenters. The van der Waals surface area contributed by atoms with Crippen LogP contribution in [-0.2, 0) is 9.53 Å². The third kappa shape index (κ3) is 4.84. The molecule has 2 rings (SSSR count). The highest BCUT2D eigenvalue weighted by molar-refractivity contribution is 5.94. The molecule has 22 heavy (non-hydrogen) atoms. The van der Waals surface area contributed by atoms with Gasteiger partial charge in [-0.1, -0.05) is 6.92 Å². The van der Waals surface area contributed by atoms with E-state index in [0.717, 1.165) is 19.5 Å². The van der Waals surface area contributed by atoms with Crippen molar-refractivity contribution in [2.75, 3.05) is 31.6 Å². The molecule has 0 radical (unpaired) electrons. The highest BCUT2D eigenvalue weighted by Crippen LogP contribution is 2.15. The van der Waals surface area contributed by atoms with Crippen molar-refractivity contribution in [1.29, 1.82) is 0 Å². The number of nitrogens with one attached hydrogen (secondary N) is 1. The van der Waals surface area contributed by atoms with Crippen LogP contribution in [-0.4, -0.2) is 43.0 Å². The van der Waals surface area contributed by atoms with E-state index in [1.165, 1.54) is 6.42 Å². The van der Waals surface area contributed by atoms with Crippen LogP contribution < -0.4 is 5.32 Å². The summed E-state index contributed by atoms with van der Waals surface area (Å²) in [5.74, 6) is 0.297. The fraction of sp³-hybridized carbons (Fsp3) is 0.529. The minimum Gasteiger partial charge on any atom is -0.462 e. The number of anilines is 1. The summed E-state index contributed by atoms with van der Waals surface area (Å²) in [5.41, 5.74) is 1.19. The van der Waals surface area contributed by atoms with Crippen molar-refractivity contribution in [1.82, 2.24) is 4.90 Å². The van der Waals surface area contributed by atoms with E-state index in [4.69, 9.17) is 4.74 Å². The van der Waals surface area contributed by atoms with Crippen LogP contribution in [0.15, 0.2) is 24.3 Å². The van der Waals surface area contributed by atoms with Gasteiger partial charge in [-0.3, -0.25) is 9.69 Å². The molecule has 0 spiro atoms. The minimum absolute atomic E-state index is 0.0158. The van der Waals surface area contributed by atoms with E-state index in [1.807, 2.05) is 0 Å². The van der Waals surface area contributed by atoms with Crippen molar-refractivity contribution in [2.45, 2.75) is 26.7 Å². The van der Waals surface area contributed by atoms with E-state index in [1.54, 1.807) is 31.2 Å². The van der Waals surface area contributed by atoms with Gasteiger partial charge in [-0.05, 0) is 56.5 Å². The fourth-order valence-electron chi connectivity index (χ4n) is 2.74. The van der Waals surface area contributed by atoms with Crippen LogP contribution >= 0.6 is 0 Å². The lowest BCUT2D eigenvalue weighted by Crippen LogP contribution is -2.39. The predicted octanol–water partition coefficient (Wildman–Crippen LogP) is 2.53. The lowest BCUT2D eigenvalue weighted by molar-refractivity contribution is -0.117. The average Bonchev–Trinajstić information content (AvgIpc) is 2.48. The topological polar surface area (TPSA) is 58.6 Å². The molecular weight excluding hydrogens is 280 g/mol. The summed E-state index contributed by atoms with van der Waals surface area (Å²) in [6.45, 7) is 6.73. The Bertz CT molecular complexity index is 513. The van der Waals surface area contributed by atoms with Gasteiger partial charge in [0.15, 0.2) is 0 Å². The average molecular weight is 304 g/mol. The van der Waals surface area contributed by atoms with Gasteiger partial charge in [0.25, 0.3) is 0 Å². The summed E-state index contributed by atoms with van der Waals surface area (Å²) < 4.78 is 4.93. The van der Waals surface area contributed by atoms with E-state index >= 15 is 0 Å². The van der Waals surface area contributed by atoms with Crippen LogP contribution in [0.5, 0.6) is 0 Å². The summed E-state index contributed by atoms with van der Waals surface area (Å²) in [6.07, 6.45) is 2.40. The maximum absolute atomic E-state index is 12.1. The van der Waals surface area contributed by atoms with E-state index < -0.39 is 0 Å². The molecule has 1 aromatic rings. The van der Waals surface area contributed by atoms with Crippen LogP contribution in [0.1, 0.15) is 37.0 Å². The van der Waals surface area contributed by atoms with Crippen molar-refractivity contribution in [2.24, 2.45) is 5.92 Å². The molecule has 1 amide bonds. The molecule has 1 fully saturated rings. The van der Waals surface area contributed by atoms with Gasteiger partial charge >= 0.3 is 5.97 Å². The Hall–Kier alpha value is -1.88. The van der Waals surface area contributed by atoms with Crippen LogP contribution in [0.25, 0.3) is 0 Å². The van der Waals surface area contributed by atoms with Crippen LogP contribution in [0.4, 0.5) is 5.69 Å². The van der Waals surface area contributed by atoms with Gasteiger partial charge < -0.3 is 10.1 Å². The Kier molecular flexibility index (Phi) is 5.95. The number of hydrogen-bond acceptors (Lipinski definition) is 4. The molecular formula is C17H24N2O3. The number of piperidine rings is 1. The van der Waals surface area contributed by atoms with Gasteiger partial charge in [0, 0.05) is 12.2 Å². The van der Waals surface area contributed by atoms with Gasteiger partial charge in [0.1, 0.15) is 0 Å². The summed E-state index contributed by atoms with van der Waals surface area (Å²) in [4.78, 5) is 25.8. The van der Waals surface area contributed by atoms with Crippen LogP contribution in [0, 0.1) is 5.92 Å². The maximum Gasteiger partial charge on any atom is 0.338 e. The second kappa shape index (κ2) is 7.94. The van der Waals surface area contributed by atoms with Crippen molar-refractivity contribution in [3.8, 4) is 0 Å². The monoisotopic (exact) mass is 304 g/mol. The number of ether oxygens (including phenoxy) is 1.